The van der Waals surface area contributed by atoms with Crippen LogP contribution in [0.25, 0.3) is 0 Å². The first kappa shape index (κ1) is 11.2. The molecule has 1 aromatic rings. The molecule has 2 rings (SSSR count). The van der Waals surface area contributed by atoms with Crippen molar-refractivity contribution in [3.63, 3.8) is 0 Å². The van der Waals surface area contributed by atoms with Crippen molar-refractivity contribution >= 4 is 11.4 Å². The second-order valence-electron chi connectivity index (χ2n) is 4.04. The molecular weight excluding hydrogens is 202 g/mol. The van der Waals surface area contributed by atoms with Crippen molar-refractivity contribution in [1.29, 1.82) is 0 Å². The van der Waals surface area contributed by atoms with Crippen LogP contribution in [0.2, 0.25) is 0 Å². The van der Waals surface area contributed by atoms with Gasteiger partial charge in [0.05, 0.1) is 18.0 Å². The second-order valence-corrected chi connectivity index (χ2v) is 4.04. The Labute approximate surface area is 96.3 Å². The van der Waals surface area contributed by atoms with Gasteiger partial charge in [0.1, 0.15) is 0 Å². The number of hydrogen-bond donors (Lipinski definition) is 2. The van der Waals surface area contributed by atoms with Crippen molar-refractivity contribution < 1.29 is 5.11 Å². The molecular formula is C12H18N3O. The number of β-amino-alcohol motifs (C(OH)–C–C–N with tert-alkyl or cyclic N) is 1. The normalized spacial score (nSPS) is 17.7. The molecule has 0 amide bonds. The molecule has 1 radical (unpaired) electrons. The first-order valence-electron chi connectivity index (χ1n) is 5.65. The van der Waals surface area contributed by atoms with Gasteiger partial charge in [0.2, 0.25) is 0 Å². The molecule has 0 unspecified atom stereocenters. The molecule has 1 heterocycles. The number of nitrogen functional groups attached to an aromatic ring is 1. The molecule has 1 saturated heterocycles. The van der Waals surface area contributed by atoms with Crippen LogP contribution in [0.4, 0.5) is 11.4 Å². The first-order chi connectivity index (χ1) is 7.81. The Kier molecular flexibility index (Phi) is 3.64. The van der Waals surface area contributed by atoms with Gasteiger partial charge in [0, 0.05) is 32.7 Å². The quantitative estimate of drug-likeness (QED) is 0.714. The molecule has 0 spiro atoms. The van der Waals surface area contributed by atoms with Gasteiger partial charge in [-0.25, -0.2) is 0 Å². The largest absolute Gasteiger partial charge is 0.397 e. The summed E-state index contributed by atoms with van der Waals surface area (Å²) in [5, 5.41) is 8.87. The fourth-order valence-corrected chi connectivity index (χ4v) is 2.06. The van der Waals surface area contributed by atoms with E-state index in [2.05, 4.69) is 15.9 Å². The van der Waals surface area contributed by atoms with Crippen molar-refractivity contribution in [2.45, 2.75) is 0 Å². The molecule has 1 aliphatic rings. The number of nitrogens with zero attached hydrogens (tertiary/aromatic N) is 2. The Morgan fingerprint density at radius 3 is 2.69 bits per heavy atom. The average Bonchev–Trinajstić information content (AvgIpc) is 2.31. The predicted octanol–water partition coefficient (Wildman–Crippen LogP) is 0.183. The third-order valence-electron chi connectivity index (χ3n) is 3.00. The molecule has 4 nitrogen and oxygen atoms in total. The van der Waals surface area contributed by atoms with Crippen molar-refractivity contribution in [3.05, 3.63) is 24.3 Å². The molecule has 0 bridgehead atoms. The van der Waals surface area contributed by atoms with Gasteiger partial charge in [0.15, 0.2) is 0 Å². The summed E-state index contributed by atoms with van der Waals surface area (Å²) in [5.41, 5.74) is 7.82. The van der Waals surface area contributed by atoms with Gasteiger partial charge in [0.25, 0.3) is 0 Å². The van der Waals surface area contributed by atoms with Crippen LogP contribution in [-0.2, 0) is 0 Å². The minimum absolute atomic E-state index is 0.237. The zero-order valence-electron chi connectivity index (χ0n) is 9.39. The van der Waals surface area contributed by atoms with E-state index in [1.54, 1.807) is 0 Å². The van der Waals surface area contributed by atoms with Crippen LogP contribution in [0.15, 0.2) is 18.2 Å². The van der Waals surface area contributed by atoms with Gasteiger partial charge < -0.3 is 15.7 Å². The third-order valence-corrected chi connectivity index (χ3v) is 3.00. The first-order valence-corrected chi connectivity index (χ1v) is 5.65. The number of benzene rings is 1. The van der Waals surface area contributed by atoms with E-state index in [0.29, 0.717) is 0 Å². The van der Waals surface area contributed by atoms with E-state index in [-0.39, 0.29) is 6.61 Å². The third kappa shape index (κ3) is 2.46. The molecule has 0 atom stereocenters. The molecule has 87 valence electrons. The van der Waals surface area contributed by atoms with Gasteiger partial charge in [-0.15, -0.1) is 0 Å². The maximum Gasteiger partial charge on any atom is 0.0607 e. The highest BCUT2D eigenvalue weighted by molar-refractivity contribution is 5.67. The van der Waals surface area contributed by atoms with Gasteiger partial charge in [-0.05, 0) is 18.2 Å². The maximum atomic E-state index is 8.87. The SMILES string of the molecule is Nc1cc[c]cc1N1CCN(CCO)CC1. The number of aliphatic hydroxyl groups is 1. The molecule has 1 aliphatic heterocycles. The molecule has 0 aromatic heterocycles. The van der Waals surface area contributed by atoms with Crippen LogP contribution in [-0.4, -0.2) is 49.3 Å². The standard InChI is InChI=1S/C12H18N3O/c13-11-3-1-2-4-12(11)15-7-5-14(6-8-15)9-10-16/h1,3-4,16H,5-10,13H2. The Balaban J connectivity index is 1.96. The summed E-state index contributed by atoms with van der Waals surface area (Å²) in [6.45, 7) is 4.89. The van der Waals surface area contributed by atoms with Gasteiger partial charge in [-0.2, -0.15) is 0 Å². The Morgan fingerprint density at radius 1 is 1.31 bits per heavy atom. The fourth-order valence-electron chi connectivity index (χ4n) is 2.06. The van der Waals surface area contributed by atoms with E-state index in [4.69, 9.17) is 10.8 Å². The molecule has 1 aromatic carbocycles. The van der Waals surface area contributed by atoms with Crippen molar-refractivity contribution in [3.8, 4) is 0 Å². The van der Waals surface area contributed by atoms with E-state index in [0.717, 1.165) is 44.1 Å². The lowest BCUT2D eigenvalue weighted by atomic mass is 10.2. The fraction of sp³-hybridized carbons (Fsp3) is 0.500. The summed E-state index contributed by atoms with van der Waals surface area (Å²) in [6, 6.07) is 8.72. The number of rotatable bonds is 3. The summed E-state index contributed by atoms with van der Waals surface area (Å²) >= 11 is 0. The van der Waals surface area contributed by atoms with E-state index in [9.17, 15) is 0 Å². The Bertz CT molecular complexity index is 335. The van der Waals surface area contributed by atoms with E-state index >= 15 is 0 Å². The monoisotopic (exact) mass is 220 g/mol. The van der Waals surface area contributed by atoms with Crippen molar-refractivity contribution in [2.75, 3.05) is 50.0 Å². The van der Waals surface area contributed by atoms with Crippen LogP contribution in [0.3, 0.4) is 0 Å². The molecule has 1 fully saturated rings. The van der Waals surface area contributed by atoms with Gasteiger partial charge in [-0.1, -0.05) is 6.07 Å². The summed E-state index contributed by atoms with van der Waals surface area (Å²) in [5.74, 6) is 0. The highest BCUT2D eigenvalue weighted by Gasteiger charge is 2.17. The van der Waals surface area contributed by atoms with E-state index < -0.39 is 0 Å². The van der Waals surface area contributed by atoms with E-state index in [1.807, 2.05) is 18.2 Å². The lowest BCUT2D eigenvalue weighted by molar-refractivity contribution is 0.189. The lowest BCUT2D eigenvalue weighted by Gasteiger charge is -2.36. The molecule has 3 N–H and O–H groups in total. The number of anilines is 2. The van der Waals surface area contributed by atoms with E-state index in [1.165, 1.54) is 0 Å². The minimum Gasteiger partial charge on any atom is -0.397 e. The molecule has 0 saturated carbocycles. The molecule has 0 aliphatic carbocycles. The highest BCUT2D eigenvalue weighted by atomic mass is 16.3. The van der Waals surface area contributed by atoms with Crippen LogP contribution in [0, 0.1) is 6.07 Å². The summed E-state index contributed by atoms with van der Waals surface area (Å²) in [4.78, 5) is 4.54. The van der Waals surface area contributed by atoms with Gasteiger partial charge in [-0.3, -0.25) is 4.90 Å². The Hall–Kier alpha value is -1.26. The van der Waals surface area contributed by atoms with Crippen LogP contribution < -0.4 is 10.6 Å². The second kappa shape index (κ2) is 5.18. The summed E-state index contributed by atoms with van der Waals surface area (Å²) < 4.78 is 0. The number of hydrogen-bond acceptors (Lipinski definition) is 4. The zero-order valence-corrected chi connectivity index (χ0v) is 9.39. The lowest BCUT2D eigenvalue weighted by Crippen LogP contribution is -2.47. The molecule has 4 heteroatoms. The summed E-state index contributed by atoms with van der Waals surface area (Å²) in [7, 11) is 0. The topological polar surface area (TPSA) is 52.7 Å². The number of aliphatic hydroxyl groups excluding tert-OH is 1. The predicted molar refractivity (Wildman–Crippen MR) is 65.4 cm³/mol. The van der Waals surface area contributed by atoms with Crippen LogP contribution >= 0.6 is 0 Å². The average molecular weight is 220 g/mol. The maximum absolute atomic E-state index is 8.87. The zero-order chi connectivity index (χ0) is 11.4. The van der Waals surface area contributed by atoms with Crippen molar-refractivity contribution in [1.82, 2.24) is 4.90 Å². The van der Waals surface area contributed by atoms with Gasteiger partial charge >= 0.3 is 0 Å². The van der Waals surface area contributed by atoms with Crippen LogP contribution in [0.1, 0.15) is 0 Å². The minimum atomic E-state index is 0.237. The number of piperazine rings is 1. The summed E-state index contributed by atoms with van der Waals surface area (Å²) in [6.07, 6.45) is 0. The Morgan fingerprint density at radius 2 is 2.06 bits per heavy atom. The number of nitrogens with two attached hydrogens (primary N) is 1. The van der Waals surface area contributed by atoms with Crippen molar-refractivity contribution in [2.24, 2.45) is 0 Å². The molecule has 16 heavy (non-hydrogen) atoms. The highest BCUT2D eigenvalue weighted by Crippen LogP contribution is 2.23. The van der Waals surface area contributed by atoms with Crippen LogP contribution in [0.5, 0.6) is 0 Å². The smallest absolute Gasteiger partial charge is 0.0607 e.